The molecule has 0 saturated heterocycles. The highest BCUT2D eigenvalue weighted by molar-refractivity contribution is 5.22. The minimum Gasteiger partial charge on any atom is -0.393 e. The summed E-state index contributed by atoms with van der Waals surface area (Å²) in [5, 5.41) is 30.6. The molecule has 4 bridgehead atoms. The topological polar surface area (TPSA) is 60.7 Å². The molecule has 0 amide bonds. The molecule has 0 aliphatic heterocycles. The Balaban J connectivity index is 2.13. The first kappa shape index (κ1) is 12.9. The van der Waals surface area contributed by atoms with E-state index in [2.05, 4.69) is 20.8 Å². The van der Waals surface area contributed by atoms with E-state index >= 15 is 0 Å². The second-order valence-electron chi connectivity index (χ2n) is 7.89. The summed E-state index contributed by atoms with van der Waals surface area (Å²) >= 11 is 0. The van der Waals surface area contributed by atoms with Crippen molar-refractivity contribution in [2.75, 3.05) is 6.61 Å². The van der Waals surface area contributed by atoms with E-state index in [0.717, 1.165) is 25.7 Å². The Labute approximate surface area is 109 Å². The van der Waals surface area contributed by atoms with Crippen LogP contribution in [0.25, 0.3) is 0 Å². The Morgan fingerprint density at radius 3 is 2.33 bits per heavy atom. The van der Waals surface area contributed by atoms with E-state index < -0.39 is 5.60 Å². The maximum absolute atomic E-state index is 10.8. The molecule has 3 fully saturated rings. The van der Waals surface area contributed by atoms with Crippen LogP contribution in [0, 0.1) is 22.2 Å². The molecule has 0 aromatic rings. The first-order chi connectivity index (χ1) is 8.21. The van der Waals surface area contributed by atoms with Gasteiger partial charge in [-0.1, -0.05) is 20.8 Å². The molecule has 0 heterocycles. The monoisotopic (exact) mass is 254 g/mol. The first-order valence-electron chi connectivity index (χ1n) is 7.22. The minimum absolute atomic E-state index is 0.0465. The van der Waals surface area contributed by atoms with Gasteiger partial charge in [-0.15, -0.1) is 0 Å². The van der Waals surface area contributed by atoms with Gasteiger partial charge in [0, 0.05) is 0 Å². The van der Waals surface area contributed by atoms with Crippen LogP contribution in [0.3, 0.4) is 0 Å². The molecule has 3 rings (SSSR count). The number of hydrogen-bond acceptors (Lipinski definition) is 3. The minimum atomic E-state index is -0.934. The molecule has 3 N–H and O–H groups in total. The normalized spacial score (nSPS) is 63.0. The third-order valence-corrected chi connectivity index (χ3v) is 7.34. The van der Waals surface area contributed by atoms with Crippen molar-refractivity contribution < 1.29 is 15.3 Å². The van der Waals surface area contributed by atoms with Crippen molar-refractivity contribution in [1.29, 1.82) is 0 Å². The van der Waals surface area contributed by atoms with Gasteiger partial charge in [-0.2, -0.15) is 0 Å². The van der Waals surface area contributed by atoms with Crippen molar-refractivity contribution in [3.8, 4) is 0 Å². The molecule has 3 nitrogen and oxygen atoms in total. The van der Waals surface area contributed by atoms with Crippen molar-refractivity contribution in [3.05, 3.63) is 0 Å². The predicted molar refractivity (Wildman–Crippen MR) is 68.9 cm³/mol. The molecule has 3 aliphatic carbocycles. The molecule has 0 spiro atoms. The lowest BCUT2D eigenvalue weighted by Gasteiger charge is -2.60. The molecular weight excluding hydrogens is 228 g/mol. The fourth-order valence-corrected chi connectivity index (χ4v) is 5.93. The number of rotatable bonds is 1. The second kappa shape index (κ2) is 3.31. The largest absolute Gasteiger partial charge is 0.393 e. The summed E-state index contributed by atoms with van der Waals surface area (Å²) in [7, 11) is 0. The van der Waals surface area contributed by atoms with Gasteiger partial charge in [0.05, 0.1) is 18.3 Å². The van der Waals surface area contributed by atoms with Gasteiger partial charge in [0.2, 0.25) is 0 Å². The highest BCUT2D eigenvalue weighted by Gasteiger charge is 2.73. The van der Waals surface area contributed by atoms with Crippen molar-refractivity contribution in [2.45, 2.75) is 64.6 Å². The van der Waals surface area contributed by atoms with Crippen LogP contribution in [0.2, 0.25) is 0 Å². The van der Waals surface area contributed by atoms with Crippen molar-refractivity contribution in [3.63, 3.8) is 0 Å². The van der Waals surface area contributed by atoms with Gasteiger partial charge in [-0.3, -0.25) is 0 Å². The third kappa shape index (κ3) is 1.17. The lowest BCUT2D eigenvalue weighted by molar-refractivity contribution is -0.187. The van der Waals surface area contributed by atoms with Crippen molar-refractivity contribution in [1.82, 2.24) is 0 Å². The Hall–Kier alpha value is -0.120. The molecule has 0 aromatic carbocycles. The molecular formula is C15H26O3. The second-order valence-corrected chi connectivity index (χ2v) is 7.89. The number of hydrogen-bond donors (Lipinski definition) is 3. The van der Waals surface area contributed by atoms with Gasteiger partial charge in [0.25, 0.3) is 0 Å². The maximum atomic E-state index is 10.8. The van der Waals surface area contributed by atoms with Crippen LogP contribution < -0.4 is 0 Å². The lowest BCUT2D eigenvalue weighted by atomic mass is 9.45. The Morgan fingerprint density at radius 1 is 1.06 bits per heavy atom. The van der Waals surface area contributed by atoms with E-state index in [1.54, 1.807) is 0 Å². The van der Waals surface area contributed by atoms with E-state index in [-0.39, 0.29) is 34.9 Å². The SMILES string of the molecule is C[C@@]12C[C@H](O)C[C@@]3(C)[C@@H](C1)[C@@](O)(CO)CC[C@@]23C. The molecule has 0 unspecified atom stereocenters. The molecule has 0 aromatic heterocycles. The molecule has 3 heteroatoms. The van der Waals surface area contributed by atoms with Crippen LogP contribution >= 0.6 is 0 Å². The summed E-state index contributed by atoms with van der Waals surface area (Å²) in [6.45, 7) is 6.70. The summed E-state index contributed by atoms with van der Waals surface area (Å²) in [4.78, 5) is 0. The van der Waals surface area contributed by atoms with Crippen LogP contribution in [0.15, 0.2) is 0 Å². The van der Waals surface area contributed by atoms with Crippen molar-refractivity contribution in [2.24, 2.45) is 22.2 Å². The van der Waals surface area contributed by atoms with Gasteiger partial charge in [-0.05, 0) is 54.3 Å². The zero-order chi connectivity index (χ0) is 13.4. The van der Waals surface area contributed by atoms with Gasteiger partial charge >= 0.3 is 0 Å². The van der Waals surface area contributed by atoms with E-state index in [9.17, 15) is 15.3 Å². The summed E-state index contributed by atoms with van der Waals surface area (Å²) in [5.74, 6) is 0.121. The molecule has 104 valence electrons. The average molecular weight is 254 g/mol. The summed E-state index contributed by atoms with van der Waals surface area (Å²) in [6, 6.07) is 0. The van der Waals surface area contributed by atoms with Gasteiger partial charge < -0.3 is 15.3 Å². The van der Waals surface area contributed by atoms with Crippen LogP contribution in [-0.2, 0) is 0 Å². The van der Waals surface area contributed by atoms with E-state index in [4.69, 9.17) is 0 Å². The Kier molecular flexibility index (Phi) is 2.37. The van der Waals surface area contributed by atoms with E-state index in [1.807, 2.05) is 0 Å². The molecule has 18 heavy (non-hydrogen) atoms. The smallest absolute Gasteiger partial charge is 0.0911 e. The van der Waals surface area contributed by atoms with Gasteiger partial charge in [-0.25, -0.2) is 0 Å². The van der Waals surface area contributed by atoms with E-state index in [0.29, 0.717) is 6.42 Å². The fourth-order valence-electron chi connectivity index (χ4n) is 5.93. The standard InChI is InChI=1S/C15H26O3/c1-12-6-10(17)7-13(2)11(8-12)15(18,9-16)5-4-14(12,13)3/h10-11,16-18H,4-9H2,1-3H3/t10-,11+,12+,13-,14-,15-/m0/s1. The summed E-state index contributed by atoms with van der Waals surface area (Å²) < 4.78 is 0. The zero-order valence-corrected chi connectivity index (χ0v) is 11.7. The number of aliphatic hydroxyl groups is 3. The van der Waals surface area contributed by atoms with Crippen LogP contribution in [0.1, 0.15) is 52.9 Å². The quantitative estimate of drug-likeness (QED) is 0.667. The molecule has 6 atom stereocenters. The van der Waals surface area contributed by atoms with Crippen molar-refractivity contribution >= 4 is 0 Å². The third-order valence-electron chi connectivity index (χ3n) is 7.34. The highest BCUT2D eigenvalue weighted by atomic mass is 16.3. The van der Waals surface area contributed by atoms with Crippen LogP contribution in [-0.4, -0.2) is 33.6 Å². The lowest BCUT2D eigenvalue weighted by Crippen LogP contribution is -2.59. The van der Waals surface area contributed by atoms with E-state index in [1.165, 1.54) is 0 Å². The summed E-state index contributed by atoms with van der Waals surface area (Å²) in [5.41, 5.74) is -0.694. The van der Waals surface area contributed by atoms with Crippen LogP contribution in [0.5, 0.6) is 0 Å². The molecule has 3 aliphatic rings. The van der Waals surface area contributed by atoms with Gasteiger partial charge in [0.15, 0.2) is 0 Å². The highest BCUT2D eigenvalue weighted by Crippen LogP contribution is 2.77. The molecule has 0 radical (unpaired) electrons. The fraction of sp³-hybridized carbons (Fsp3) is 1.00. The molecule has 3 saturated carbocycles. The maximum Gasteiger partial charge on any atom is 0.0911 e. The van der Waals surface area contributed by atoms with Gasteiger partial charge in [0.1, 0.15) is 0 Å². The zero-order valence-electron chi connectivity index (χ0n) is 11.7. The predicted octanol–water partition coefficient (Wildman–Crippen LogP) is 1.70. The van der Waals surface area contributed by atoms with Crippen LogP contribution in [0.4, 0.5) is 0 Å². The Morgan fingerprint density at radius 2 is 1.72 bits per heavy atom. The average Bonchev–Trinajstić information content (AvgIpc) is 2.40. The first-order valence-corrected chi connectivity index (χ1v) is 7.22. The summed E-state index contributed by atoms with van der Waals surface area (Å²) in [6.07, 6.45) is 3.96. The Bertz CT molecular complexity index is 384. The number of aliphatic hydroxyl groups excluding tert-OH is 2.